The van der Waals surface area contributed by atoms with Crippen LogP contribution in [-0.4, -0.2) is 9.55 Å². The Labute approximate surface area is 132 Å². The maximum Gasteiger partial charge on any atom is 0.177 e. The van der Waals surface area contributed by atoms with Crippen molar-refractivity contribution in [2.45, 2.75) is 52.0 Å². The van der Waals surface area contributed by atoms with Crippen LogP contribution in [0.5, 0.6) is 0 Å². The van der Waals surface area contributed by atoms with E-state index in [-0.39, 0.29) is 0 Å². The molecule has 3 heteroatoms. The van der Waals surface area contributed by atoms with Crippen LogP contribution in [0.3, 0.4) is 0 Å². The number of rotatable bonds is 8. The quantitative estimate of drug-likeness (QED) is 0.502. The van der Waals surface area contributed by atoms with Gasteiger partial charge in [0.25, 0.3) is 0 Å². The number of hydrogen-bond donors (Lipinski definition) is 0. The number of imidazole rings is 1. The third-order valence-corrected chi connectivity index (χ3v) is 4.13. The summed E-state index contributed by atoms with van der Waals surface area (Å²) in [5.74, 6) is 1.79. The lowest BCUT2D eigenvalue weighted by Crippen LogP contribution is -2.00. The van der Waals surface area contributed by atoms with E-state index in [9.17, 15) is 0 Å². The first-order valence-corrected chi connectivity index (χ1v) is 8.39. The van der Waals surface area contributed by atoms with Crippen LogP contribution in [0, 0.1) is 0 Å². The van der Waals surface area contributed by atoms with Gasteiger partial charge in [0.2, 0.25) is 0 Å². The SMILES string of the molecule is CCCCCCCCn1c(-c2ccco2)nc2ccccc21. The first-order valence-electron chi connectivity index (χ1n) is 8.39. The number of aromatic nitrogens is 2. The molecule has 3 aromatic rings. The first-order chi connectivity index (χ1) is 10.9. The van der Waals surface area contributed by atoms with Gasteiger partial charge in [-0.25, -0.2) is 4.98 Å². The van der Waals surface area contributed by atoms with Gasteiger partial charge < -0.3 is 8.98 Å². The Morgan fingerprint density at radius 1 is 0.955 bits per heavy atom. The number of unbranched alkanes of at least 4 members (excludes halogenated alkanes) is 5. The van der Waals surface area contributed by atoms with Crippen LogP contribution in [0.4, 0.5) is 0 Å². The van der Waals surface area contributed by atoms with Crippen molar-refractivity contribution in [3.63, 3.8) is 0 Å². The second-order valence-corrected chi connectivity index (χ2v) is 5.82. The Kier molecular flexibility index (Phi) is 4.94. The molecule has 1 aromatic carbocycles. The molecule has 0 unspecified atom stereocenters. The van der Waals surface area contributed by atoms with Gasteiger partial charge in [-0.3, -0.25) is 0 Å². The predicted molar refractivity (Wildman–Crippen MR) is 90.8 cm³/mol. The maximum absolute atomic E-state index is 5.57. The largest absolute Gasteiger partial charge is 0.461 e. The molecular formula is C19H24N2O. The zero-order valence-electron chi connectivity index (χ0n) is 13.3. The second kappa shape index (κ2) is 7.30. The number of nitrogens with zero attached hydrogens (tertiary/aromatic N) is 2. The Morgan fingerprint density at radius 2 is 1.77 bits per heavy atom. The van der Waals surface area contributed by atoms with Gasteiger partial charge >= 0.3 is 0 Å². The van der Waals surface area contributed by atoms with Crippen molar-refractivity contribution in [2.75, 3.05) is 0 Å². The number of benzene rings is 1. The third kappa shape index (κ3) is 3.24. The monoisotopic (exact) mass is 296 g/mol. The van der Waals surface area contributed by atoms with Crippen molar-refractivity contribution < 1.29 is 4.42 Å². The minimum atomic E-state index is 0.849. The molecule has 3 nitrogen and oxygen atoms in total. The van der Waals surface area contributed by atoms with Crippen molar-refractivity contribution in [3.8, 4) is 11.6 Å². The van der Waals surface area contributed by atoms with Crippen molar-refractivity contribution in [2.24, 2.45) is 0 Å². The summed E-state index contributed by atoms with van der Waals surface area (Å²) in [5.41, 5.74) is 2.24. The fourth-order valence-corrected chi connectivity index (χ4v) is 2.95. The molecule has 0 bridgehead atoms. The fraction of sp³-hybridized carbons (Fsp3) is 0.421. The summed E-state index contributed by atoms with van der Waals surface area (Å²) in [6, 6.07) is 12.2. The van der Waals surface area contributed by atoms with Crippen LogP contribution in [0.15, 0.2) is 47.1 Å². The second-order valence-electron chi connectivity index (χ2n) is 5.82. The number of hydrogen-bond acceptors (Lipinski definition) is 2. The van der Waals surface area contributed by atoms with Gasteiger partial charge in [0.1, 0.15) is 0 Å². The normalized spacial score (nSPS) is 11.3. The molecule has 116 valence electrons. The summed E-state index contributed by atoms with van der Waals surface area (Å²) in [4.78, 5) is 4.75. The molecule has 0 atom stereocenters. The Morgan fingerprint density at radius 3 is 2.59 bits per heavy atom. The maximum atomic E-state index is 5.57. The van der Waals surface area contributed by atoms with Crippen molar-refractivity contribution in [1.82, 2.24) is 9.55 Å². The van der Waals surface area contributed by atoms with Gasteiger partial charge in [0.05, 0.1) is 17.3 Å². The molecule has 0 aliphatic rings. The smallest absolute Gasteiger partial charge is 0.177 e. The lowest BCUT2D eigenvalue weighted by Gasteiger charge is -2.08. The summed E-state index contributed by atoms with van der Waals surface area (Å²) in [6.45, 7) is 3.26. The lowest BCUT2D eigenvalue weighted by molar-refractivity contribution is 0.548. The highest BCUT2D eigenvalue weighted by Crippen LogP contribution is 2.25. The Hall–Kier alpha value is -2.03. The number of para-hydroxylation sites is 2. The van der Waals surface area contributed by atoms with Gasteiger partial charge in [0, 0.05) is 6.54 Å². The average molecular weight is 296 g/mol. The van der Waals surface area contributed by atoms with Crippen LogP contribution in [0.1, 0.15) is 45.4 Å². The van der Waals surface area contributed by atoms with E-state index in [0.717, 1.165) is 23.6 Å². The highest BCUT2D eigenvalue weighted by Gasteiger charge is 2.13. The van der Waals surface area contributed by atoms with Gasteiger partial charge in [-0.05, 0) is 30.7 Å². The molecule has 0 saturated heterocycles. The first kappa shape index (κ1) is 14.9. The van der Waals surface area contributed by atoms with E-state index in [0.29, 0.717) is 0 Å². The van der Waals surface area contributed by atoms with E-state index in [2.05, 4.69) is 29.7 Å². The summed E-state index contributed by atoms with van der Waals surface area (Å²) in [5, 5.41) is 0. The van der Waals surface area contributed by atoms with E-state index in [1.54, 1.807) is 6.26 Å². The number of furan rings is 1. The van der Waals surface area contributed by atoms with E-state index in [1.807, 2.05) is 18.2 Å². The summed E-state index contributed by atoms with van der Waals surface area (Å²) >= 11 is 0. The molecule has 2 aromatic heterocycles. The zero-order chi connectivity index (χ0) is 15.2. The summed E-state index contributed by atoms with van der Waals surface area (Å²) < 4.78 is 7.87. The van der Waals surface area contributed by atoms with Gasteiger partial charge in [0.15, 0.2) is 11.6 Å². The predicted octanol–water partition coefficient (Wildman–Crippen LogP) is 5.66. The van der Waals surface area contributed by atoms with Crippen molar-refractivity contribution >= 4 is 11.0 Å². The molecule has 0 radical (unpaired) electrons. The molecule has 22 heavy (non-hydrogen) atoms. The van der Waals surface area contributed by atoms with Gasteiger partial charge in [-0.15, -0.1) is 0 Å². The van der Waals surface area contributed by atoms with Gasteiger partial charge in [-0.2, -0.15) is 0 Å². The topological polar surface area (TPSA) is 31.0 Å². The molecule has 0 aliphatic heterocycles. The number of fused-ring (bicyclic) bond motifs is 1. The van der Waals surface area contributed by atoms with E-state index >= 15 is 0 Å². The molecule has 0 N–H and O–H groups in total. The molecule has 2 heterocycles. The highest BCUT2D eigenvalue weighted by atomic mass is 16.3. The zero-order valence-corrected chi connectivity index (χ0v) is 13.3. The van der Waals surface area contributed by atoms with Crippen molar-refractivity contribution in [1.29, 1.82) is 0 Å². The third-order valence-electron chi connectivity index (χ3n) is 4.13. The van der Waals surface area contributed by atoms with E-state index < -0.39 is 0 Å². The molecule has 0 aliphatic carbocycles. The standard InChI is InChI=1S/C19H24N2O/c1-2-3-4-5-6-9-14-21-17-12-8-7-11-16(17)20-19(21)18-13-10-15-22-18/h7-8,10-13,15H,2-6,9,14H2,1H3. The minimum absolute atomic E-state index is 0.849. The van der Waals surface area contributed by atoms with Crippen LogP contribution >= 0.6 is 0 Å². The molecule has 0 fully saturated rings. The summed E-state index contributed by atoms with van der Waals surface area (Å²) in [6.07, 6.45) is 9.52. The molecule has 0 amide bonds. The van der Waals surface area contributed by atoms with E-state index in [4.69, 9.17) is 9.40 Å². The van der Waals surface area contributed by atoms with Crippen LogP contribution < -0.4 is 0 Å². The van der Waals surface area contributed by atoms with Crippen LogP contribution in [-0.2, 0) is 6.54 Å². The van der Waals surface area contributed by atoms with Crippen LogP contribution in [0.2, 0.25) is 0 Å². The minimum Gasteiger partial charge on any atom is -0.461 e. The number of aryl methyl sites for hydroxylation is 1. The average Bonchev–Trinajstić information content (AvgIpc) is 3.18. The summed E-state index contributed by atoms with van der Waals surface area (Å²) in [7, 11) is 0. The molecule has 0 spiro atoms. The lowest BCUT2D eigenvalue weighted by atomic mass is 10.1. The van der Waals surface area contributed by atoms with Crippen LogP contribution in [0.25, 0.3) is 22.6 Å². The van der Waals surface area contributed by atoms with Gasteiger partial charge in [-0.1, -0.05) is 51.2 Å². The molecule has 0 saturated carbocycles. The fourth-order valence-electron chi connectivity index (χ4n) is 2.95. The highest BCUT2D eigenvalue weighted by molar-refractivity contribution is 5.79. The van der Waals surface area contributed by atoms with Crippen molar-refractivity contribution in [3.05, 3.63) is 42.7 Å². The van der Waals surface area contributed by atoms with E-state index in [1.165, 1.54) is 44.0 Å². The Bertz CT molecular complexity index is 697. The molecular weight excluding hydrogens is 272 g/mol. The Balaban J connectivity index is 1.76. The molecule has 3 rings (SSSR count).